The third-order valence-corrected chi connectivity index (χ3v) is 42.3. The summed E-state index contributed by atoms with van der Waals surface area (Å²) < 4.78 is 6.93. The molecule has 0 amide bonds. The van der Waals surface area contributed by atoms with Gasteiger partial charge in [0.05, 0.1) is 0 Å². The minimum absolute atomic E-state index is 1.44. The van der Waals surface area contributed by atoms with Crippen LogP contribution in [0.4, 0.5) is 0 Å². The van der Waals surface area contributed by atoms with E-state index in [-0.39, 0.29) is 0 Å². The van der Waals surface area contributed by atoms with Crippen LogP contribution in [0.25, 0.3) is 0 Å². The fraction of sp³-hybridized carbons (Fsp3) is 1.00. The second kappa shape index (κ2) is 4.70. The molecule has 0 saturated carbocycles. The second-order valence-corrected chi connectivity index (χ2v) is 35.6. The van der Waals surface area contributed by atoms with Gasteiger partial charge in [0, 0.05) is 0 Å². The van der Waals surface area contributed by atoms with Gasteiger partial charge in [0.1, 0.15) is 0 Å². The van der Waals surface area contributed by atoms with Gasteiger partial charge >= 0.3 is 81.5 Å². The molecule has 0 saturated heterocycles. The zero-order chi connectivity index (χ0) is 9.12. The van der Waals surface area contributed by atoms with Crippen LogP contribution in [0, 0.1) is 0 Å². The van der Waals surface area contributed by atoms with Gasteiger partial charge in [-0.2, -0.15) is 0 Å². The first-order chi connectivity index (χ1) is 4.83. The summed E-state index contributed by atoms with van der Waals surface area (Å²) in [5.74, 6) is 0. The van der Waals surface area contributed by atoms with E-state index in [9.17, 15) is 0 Å². The second-order valence-electron chi connectivity index (χ2n) is 4.60. The first kappa shape index (κ1) is 12.6. The average molecular weight is 371 g/mol. The fourth-order valence-electron chi connectivity index (χ4n) is 1.09. The molecule has 68 valence electrons. The number of rotatable bonds is 4. The van der Waals surface area contributed by atoms with Gasteiger partial charge in [-0.25, -0.2) is 0 Å². The van der Waals surface area contributed by atoms with E-state index in [1.54, 1.807) is 0 Å². The molecular weight excluding hydrogens is 348 g/mol. The van der Waals surface area contributed by atoms with Gasteiger partial charge in [0.25, 0.3) is 0 Å². The molecule has 0 unspecified atom stereocenters. The Morgan fingerprint density at radius 2 is 1.09 bits per heavy atom. The first-order valence-electron chi connectivity index (χ1n) is 4.62. The number of hydrogen-bond acceptors (Lipinski definition) is 1. The molecule has 0 aromatic rings. The molecule has 0 heterocycles. The summed E-state index contributed by atoms with van der Waals surface area (Å²) in [6.07, 6.45) is 0. The van der Waals surface area contributed by atoms with Gasteiger partial charge in [-0.05, 0) is 0 Å². The Morgan fingerprint density at radius 1 is 0.818 bits per heavy atom. The molecule has 0 atom stereocenters. The van der Waals surface area contributed by atoms with E-state index in [1.807, 2.05) is 0 Å². The Kier molecular flexibility index (Phi) is 5.36. The van der Waals surface area contributed by atoms with Crippen LogP contribution in [0.5, 0.6) is 0 Å². The summed E-state index contributed by atoms with van der Waals surface area (Å²) in [7, 11) is 0. The van der Waals surface area contributed by atoms with Gasteiger partial charge < -0.3 is 0 Å². The maximum atomic E-state index is 4.05. The summed E-state index contributed by atoms with van der Waals surface area (Å²) in [5, 5.41) is 0. The monoisotopic (exact) mass is 373 g/mol. The normalized spacial score (nSPS) is 13.6. The Balaban J connectivity index is 4.02. The van der Waals surface area contributed by atoms with E-state index in [1.165, 1.54) is 8.87 Å². The molecule has 0 spiro atoms. The van der Waals surface area contributed by atoms with Gasteiger partial charge in [-0.3, -0.25) is 0 Å². The van der Waals surface area contributed by atoms with E-state index in [0.717, 1.165) is 0 Å². The Morgan fingerprint density at radius 3 is 1.27 bits per heavy atom. The van der Waals surface area contributed by atoms with Crippen LogP contribution >= 0.6 is 0 Å². The molecule has 0 radical (unpaired) electrons. The molecular formula is C8H23NSn2. The van der Waals surface area contributed by atoms with Crippen molar-refractivity contribution in [3.63, 3.8) is 0 Å². The third kappa shape index (κ3) is 5.74. The van der Waals surface area contributed by atoms with Crippen molar-refractivity contribution in [3.8, 4) is 0 Å². The van der Waals surface area contributed by atoms with Crippen molar-refractivity contribution in [2.24, 2.45) is 0 Å². The zero-order valence-corrected chi connectivity index (χ0v) is 14.6. The van der Waals surface area contributed by atoms with Crippen LogP contribution in [-0.2, 0) is 0 Å². The molecule has 0 aliphatic heterocycles. The van der Waals surface area contributed by atoms with Crippen LogP contribution in [0.3, 0.4) is 0 Å². The van der Waals surface area contributed by atoms with Crippen molar-refractivity contribution >= 4 is 37.3 Å². The molecule has 0 aliphatic rings. The minimum atomic E-state index is -1.69. The number of nitrogens with one attached hydrogen (secondary N) is 1. The van der Waals surface area contributed by atoms with E-state index in [4.69, 9.17) is 0 Å². The molecule has 0 fully saturated rings. The van der Waals surface area contributed by atoms with Gasteiger partial charge in [-0.1, -0.05) is 0 Å². The van der Waals surface area contributed by atoms with Crippen LogP contribution in [0.15, 0.2) is 0 Å². The van der Waals surface area contributed by atoms with Gasteiger partial charge in [-0.15, -0.1) is 0 Å². The summed E-state index contributed by atoms with van der Waals surface area (Å²) >= 11 is -3.37. The van der Waals surface area contributed by atoms with Crippen LogP contribution in [0.2, 0.25) is 28.6 Å². The fourth-order valence-corrected chi connectivity index (χ4v) is 49.2. The molecule has 1 N–H and O–H groups in total. The first-order valence-corrected chi connectivity index (χ1v) is 22.9. The zero-order valence-electron chi connectivity index (χ0n) is 8.91. The Labute approximate surface area is 80.8 Å². The summed E-state index contributed by atoms with van der Waals surface area (Å²) in [6.45, 7) is 4.70. The van der Waals surface area contributed by atoms with Crippen molar-refractivity contribution in [1.82, 2.24) is 1.76 Å². The Hall–Kier alpha value is 1.56. The molecule has 0 aromatic carbocycles. The van der Waals surface area contributed by atoms with E-state index in [2.05, 4.69) is 35.4 Å². The van der Waals surface area contributed by atoms with Gasteiger partial charge in [0.2, 0.25) is 0 Å². The summed E-state index contributed by atoms with van der Waals surface area (Å²) in [6, 6.07) is 0. The van der Waals surface area contributed by atoms with E-state index >= 15 is 0 Å². The third-order valence-electron chi connectivity index (χ3n) is 2.44. The molecule has 0 aromatic heterocycles. The molecule has 3 heteroatoms. The topological polar surface area (TPSA) is 12.0 Å². The van der Waals surface area contributed by atoms with Crippen LogP contribution in [0.1, 0.15) is 13.8 Å². The summed E-state index contributed by atoms with van der Waals surface area (Å²) in [4.78, 5) is 10.1. The van der Waals surface area contributed by atoms with Crippen molar-refractivity contribution in [2.45, 2.75) is 42.5 Å². The van der Waals surface area contributed by atoms with E-state index in [0.29, 0.717) is 0 Å². The molecule has 0 rings (SSSR count). The molecule has 0 aliphatic carbocycles. The predicted molar refractivity (Wildman–Crippen MR) is 59.1 cm³/mol. The standard InChI is InChI=1S/2C2H5.4CH3.HN.2Sn/c2*1-2;;;;;;;/h2*1H2,2H3;4*1H3;1H;;. The van der Waals surface area contributed by atoms with Crippen molar-refractivity contribution in [3.05, 3.63) is 0 Å². The average Bonchev–Trinajstić information content (AvgIpc) is 1.86. The van der Waals surface area contributed by atoms with Crippen LogP contribution in [-0.4, -0.2) is 37.3 Å². The molecule has 0 bridgehead atoms. The Bertz CT molecular complexity index is 107. The number of hydrogen-bond donors (Lipinski definition) is 1. The molecule has 11 heavy (non-hydrogen) atoms. The maximum absolute atomic E-state index is 4.05. The SMILES string of the molecule is C[CH2][Sn]([CH3])([CH3])[NH][Sn]([CH3])([CH3])[CH2]C. The summed E-state index contributed by atoms with van der Waals surface area (Å²) in [5.41, 5.74) is 0. The van der Waals surface area contributed by atoms with Crippen molar-refractivity contribution < 1.29 is 0 Å². The van der Waals surface area contributed by atoms with E-state index < -0.39 is 37.3 Å². The molecule has 1 nitrogen and oxygen atoms in total. The predicted octanol–water partition coefficient (Wildman–Crippen LogP) is 3.03. The van der Waals surface area contributed by atoms with Crippen LogP contribution < -0.4 is 1.76 Å². The quantitative estimate of drug-likeness (QED) is 0.750. The van der Waals surface area contributed by atoms with Crippen molar-refractivity contribution in [2.75, 3.05) is 0 Å². The van der Waals surface area contributed by atoms with Gasteiger partial charge in [0.15, 0.2) is 0 Å². The van der Waals surface area contributed by atoms with Crippen molar-refractivity contribution in [1.29, 1.82) is 0 Å².